The van der Waals surface area contributed by atoms with Crippen LogP contribution in [0.5, 0.6) is 0 Å². The number of carbonyl (C=O) groups is 1. The maximum Gasteiger partial charge on any atom is 0.410 e. The Morgan fingerprint density at radius 2 is 1.84 bits per heavy atom. The molecule has 5 nitrogen and oxygen atoms in total. The van der Waals surface area contributed by atoms with E-state index in [0.717, 1.165) is 39.3 Å². The van der Waals surface area contributed by atoms with Crippen LogP contribution in [-0.4, -0.2) is 60.8 Å². The van der Waals surface area contributed by atoms with Crippen molar-refractivity contribution in [1.29, 1.82) is 0 Å². The van der Waals surface area contributed by atoms with Gasteiger partial charge in [-0.05, 0) is 46.7 Å². The highest BCUT2D eigenvalue weighted by molar-refractivity contribution is 5.69. The third-order valence-corrected chi connectivity index (χ3v) is 4.07. The molecule has 110 valence electrons. The first-order valence-corrected chi connectivity index (χ1v) is 7.24. The molecule has 0 aromatic heterocycles. The van der Waals surface area contributed by atoms with E-state index in [0.29, 0.717) is 5.41 Å². The normalized spacial score (nSPS) is 23.3. The lowest BCUT2D eigenvalue weighted by Gasteiger charge is -2.53. The van der Waals surface area contributed by atoms with E-state index in [-0.39, 0.29) is 6.09 Å². The molecule has 0 radical (unpaired) electrons. The van der Waals surface area contributed by atoms with Gasteiger partial charge in [-0.25, -0.2) is 4.79 Å². The number of piperidine rings is 1. The lowest BCUT2D eigenvalue weighted by atomic mass is 9.72. The molecule has 0 aromatic carbocycles. The molecule has 2 aliphatic heterocycles. The smallest absolute Gasteiger partial charge is 0.410 e. The fourth-order valence-electron chi connectivity index (χ4n) is 2.97. The van der Waals surface area contributed by atoms with Gasteiger partial charge in [-0.1, -0.05) is 0 Å². The molecule has 0 aromatic rings. The molecular formula is C14H27N3O2. The molecule has 2 aliphatic rings. The average Bonchev–Trinajstić information content (AvgIpc) is 2.25. The van der Waals surface area contributed by atoms with Crippen LogP contribution in [0.1, 0.15) is 33.6 Å². The molecule has 1 spiro atoms. The van der Waals surface area contributed by atoms with Crippen LogP contribution in [0.25, 0.3) is 0 Å². The molecule has 2 heterocycles. The van der Waals surface area contributed by atoms with Gasteiger partial charge < -0.3 is 20.3 Å². The number of amides is 1. The Bertz CT molecular complexity index is 322. The molecule has 0 aliphatic carbocycles. The van der Waals surface area contributed by atoms with Crippen LogP contribution in [0.4, 0.5) is 4.79 Å². The predicted molar refractivity (Wildman–Crippen MR) is 75.0 cm³/mol. The minimum Gasteiger partial charge on any atom is -0.444 e. The quantitative estimate of drug-likeness (QED) is 0.820. The number of hydrogen-bond donors (Lipinski definition) is 1. The summed E-state index contributed by atoms with van der Waals surface area (Å²) in [4.78, 5) is 16.2. The third kappa shape index (κ3) is 3.60. The van der Waals surface area contributed by atoms with Crippen molar-refractivity contribution >= 4 is 6.09 Å². The topological polar surface area (TPSA) is 58.8 Å². The zero-order valence-electron chi connectivity index (χ0n) is 12.4. The highest BCUT2D eigenvalue weighted by Gasteiger charge is 2.47. The second-order valence-corrected chi connectivity index (χ2v) is 6.97. The summed E-state index contributed by atoms with van der Waals surface area (Å²) in [5.41, 5.74) is 5.53. The van der Waals surface area contributed by atoms with E-state index in [1.54, 1.807) is 0 Å². The molecule has 0 atom stereocenters. The van der Waals surface area contributed by atoms with E-state index in [9.17, 15) is 4.79 Å². The molecular weight excluding hydrogens is 242 g/mol. The first-order chi connectivity index (χ1) is 8.84. The molecule has 1 amide bonds. The molecule has 0 saturated carbocycles. The summed E-state index contributed by atoms with van der Waals surface area (Å²) in [5, 5.41) is 0. The maximum atomic E-state index is 11.9. The molecule has 2 rings (SSSR count). The molecule has 2 fully saturated rings. The second kappa shape index (κ2) is 5.29. The fraction of sp³-hybridized carbons (Fsp3) is 0.929. The molecule has 2 saturated heterocycles. The van der Waals surface area contributed by atoms with Crippen LogP contribution in [0, 0.1) is 5.41 Å². The second-order valence-electron chi connectivity index (χ2n) is 6.97. The Kier molecular flexibility index (Phi) is 4.06. The van der Waals surface area contributed by atoms with Crippen molar-refractivity contribution in [1.82, 2.24) is 9.80 Å². The average molecular weight is 269 g/mol. The molecule has 19 heavy (non-hydrogen) atoms. The molecule has 5 heteroatoms. The Labute approximate surface area is 116 Å². The van der Waals surface area contributed by atoms with E-state index >= 15 is 0 Å². The van der Waals surface area contributed by atoms with E-state index in [1.165, 1.54) is 12.8 Å². The Morgan fingerprint density at radius 1 is 1.26 bits per heavy atom. The SMILES string of the molecule is CC(C)(C)OC(=O)N1CC2(CCN(CCN)CC2)C1. The molecule has 0 unspecified atom stereocenters. The molecule has 0 bridgehead atoms. The summed E-state index contributed by atoms with van der Waals surface area (Å²) in [6, 6.07) is 0. The number of carbonyl (C=O) groups excluding carboxylic acids is 1. The zero-order chi connectivity index (χ0) is 14.1. The summed E-state index contributed by atoms with van der Waals surface area (Å²) in [6.45, 7) is 11.4. The van der Waals surface area contributed by atoms with Gasteiger partial charge in [0.2, 0.25) is 0 Å². The summed E-state index contributed by atoms with van der Waals surface area (Å²) in [6.07, 6.45) is 2.18. The Morgan fingerprint density at radius 3 is 2.32 bits per heavy atom. The van der Waals surface area contributed by atoms with Crippen molar-refractivity contribution < 1.29 is 9.53 Å². The van der Waals surface area contributed by atoms with Crippen molar-refractivity contribution in [3.8, 4) is 0 Å². The minimum atomic E-state index is -0.398. The summed E-state index contributed by atoms with van der Waals surface area (Å²) >= 11 is 0. The van der Waals surface area contributed by atoms with Crippen molar-refractivity contribution in [3.63, 3.8) is 0 Å². The van der Waals surface area contributed by atoms with Crippen molar-refractivity contribution in [2.24, 2.45) is 11.1 Å². The van der Waals surface area contributed by atoms with Crippen LogP contribution in [-0.2, 0) is 4.74 Å². The number of rotatable bonds is 2. The van der Waals surface area contributed by atoms with E-state index in [4.69, 9.17) is 10.5 Å². The number of ether oxygens (including phenoxy) is 1. The Balaban J connectivity index is 1.75. The van der Waals surface area contributed by atoms with E-state index in [2.05, 4.69) is 4.90 Å². The van der Waals surface area contributed by atoms with Crippen LogP contribution >= 0.6 is 0 Å². The van der Waals surface area contributed by atoms with Crippen molar-refractivity contribution in [3.05, 3.63) is 0 Å². The fourth-order valence-corrected chi connectivity index (χ4v) is 2.97. The van der Waals surface area contributed by atoms with Gasteiger partial charge in [-0.3, -0.25) is 0 Å². The zero-order valence-corrected chi connectivity index (χ0v) is 12.4. The lowest BCUT2D eigenvalue weighted by Crippen LogP contribution is -2.62. The van der Waals surface area contributed by atoms with Gasteiger partial charge in [0.25, 0.3) is 0 Å². The van der Waals surface area contributed by atoms with Crippen molar-refractivity contribution in [2.45, 2.75) is 39.2 Å². The third-order valence-electron chi connectivity index (χ3n) is 4.07. The van der Waals surface area contributed by atoms with Crippen LogP contribution in [0.2, 0.25) is 0 Å². The lowest BCUT2D eigenvalue weighted by molar-refractivity contribution is -0.0588. The first-order valence-electron chi connectivity index (χ1n) is 7.24. The van der Waals surface area contributed by atoms with Crippen LogP contribution < -0.4 is 5.73 Å². The standard InChI is InChI=1S/C14H27N3O2/c1-13(2,3)19-12(18)17-10-14(11-17)4-7-16(8-5-14)9-6-15/h4-11,15H2,1-3H3. The van der Waals surface area contributed by atoms with Gasteiger partial charge in [0.05, 0.1) is 0 Å². The number of nitrogens with two attached hydrogens (primary N) is 1. The van der Waals surface area contributed by atoms with E-state index < -0.39 is 5.60 Å². The predicted octanol–water partition coefficient (Wildman–Crippen LogP) is 1.28. The monoisotopic (exact) mass is 269 g/mol. The van der Waals surface area contributed by atoms with Crippen LogP contribution in [0.15, 0.2) is 0 Å². The van der Waals surface area contributed by atoms with Gasteiger partial charge in [-0.15, -0.1) is 0 Å². The maximum absolute atomic E-state index is 11.9. The number of hydrogen-bond acceptors (Lipinski definition) is 4. The molecule has 2 N–H and O–H groups in total. The van der Waals surface area contributed by atoms with Gasteiger partial charge in [0, 0.05) is 31.6 Å². The number of likely N-dealkylation sites (tertiary alicyclic amines) is 2. The highest BCUT2D eigenvalue weighted by Crippen LogP contribution is 2.40. The van der Waals surface area contributed by atoms with Gasteiger partial charge in [-0.2, -0.15) is 0 Å². The number of nitrogens with zero attached hydrogens (tertiary/aromatic N) is 2. The van der Waals surface area contributed by atoms with Crippen molar-refractivity contribution in [2.75, 3.05) is 39.3 Å². The summed E-state index contributed by atoms with van der Waals surface area (Å²) < 4.78 is 5.40. The van der Waals surface area contributed by atoms with Gasteiger partial charge >= 0.3 is 6.09 Å². The first kappa shape index (κ1) is 14.6. The van der Waals surface area contributed by atoms with Crippen LogP contribution in [0.3, 0.4) is 0 Å². The summed E-state index contributed by atoms with van der Waals surface area (Å²) in [7, 11) is 0. The Hall–Kier alpha value is -0.810. The van der Waals surface area contributed by atoms with E-state index in [1.807, 2.05) is 25.7 Å². The minimum absolute atomic E-state index is 0.164. The highest BCUT2D eigenvalue weighted by atomic mass is 16.6. The van der Waals surface area contributed by atoms with Gasteiger partial charge in [0.15, 0.2) is 0 Å². The largest absolute Gasteiger partial charge is 0.444 e. The summed E-state index contributed by atoms with van der Waals surface area (Å²) in [5.74, 6) is 0. The van der Waals surface area contributed by atoms with Gasteiger partial charge in [0.1, 0.15) is 5.60 Å².